The van der Waals surface area contributed by atoms with E-state index in [0.29, 0.717) is 29.1 Å². The Morgan fingerprint density at radius 3 is 2.47 bits per heavy atom. The summed E-state index contributed by atoms with van der Waals surface area (Å²) in [7, 11) is 2.91. The maximum absolute atomic E-state index is 11.1. The predicted octanol–water partition coefficient (Wildman–Crippen LogP) is 2.14. The Bertz CT molecular complexity index is 625. The van der Waals surface area contributed by atoms with Crippen molar-refractivity contribution < 1.29 is 14.3 Å². The van der Waals surface area contributed by atoms with Gasteiger partial charge < -0.3 is 15.2 Å². The number of benzene rings is 1. The molecule has 0 radical (unpaired) electrons. The van der Waals surface area contributed by atoms with Crippen LogP contribution in [0.15, 0.2) is 12.1 Å². The van der Waals surface area contributed by atoms with Crippen molar-refractivity contribution in [3.8, 4) is 22.8 Å². The van der Waals surface area contributed by atoms with Gasteiger partial charge in [-0.2, -0.15) is 5.10 Å². The van der Waals surface area contributed by atoms with Crippen molar-refractivity contribution in [3.63, 3.8) is 0 Å². The van der Waals surface area contributed by atoms with Crippen molar-refractivity contribution in [2.75, 3.05) is 20.0 Å². The largest absolute Gasteiger partial charge is 0.492 e. The molecule has 0 aliphatic heterocycles. The minimum Gasteiger partial charge on any atom is -0.492 e. The summed E-state index contributed by atoms with van der Waals surface area (Å²) in [6.45, 7) is 0. The third-order valence-electron chi connectivity index (χ3n) is 2.64. The van der Waals surface area contributed by atoms with Gasteiger partial charge in [0.15, 0.2) is 17.8 Å². The molecular formula is C12H12ClN3O3. The summed E-state index contributed by atoms with van der Waals surface area (Å²) in [6, 6.07) is 3.23. The minimum atomic E-state index is 0.234. The quantitative estimate of drug-likeness (QED) is 0.838. The molecule has 1 aromatic carbocycles. The lowest BCUT2D eigenvalue weighted by Gasteiger charge is -2.14. The van der Waals surface area contributed by atoms with Crippen LogP contribution in [0.2, 0.25) is 5.02 Å². The molecule has 1 aromatic heterocycles. The highest BCUT2D eigenvalue weighted by Crippen LogP contribution is 2.43. The highest BCUT2D eigenvalue weighted by molar-refractivity contribution is 6.33. The number of nitrogens with zero attached hydrogens (tertiary/aromatic N) is 1. The molecule has 0 saturated carbocycles. The highest BCUT2D eigenvalue weighted by atomic mass is 35.5. The fourth-order valence-electron chi connectivity index (χ4n) is 1.81. The van der Waals surface area contributed by atoms with Gasteiger partial charge in [0.2, 0.25) is 0 Å². The zero-order valence-corrected chi connectivity index (χ0v) is 11.1. The SMILES string of the molecule is COc1c(-c2cc(N)n[nH]2)cc(Cl)c(C=O)c1OC. The van der Waals surface area contributed by atoms with Crippen LogP contribution < -0.4 is 15.2 Å². The molecule has 6 nitrogen and oxygen atoms in total. The van der Waals surface area contributed by atoms with Gasteiger partial charge in [0.05, 0.1) is 30.5 Å². The molecule has 1 heterocycles. The molecule has 0 amide bonds. The number of hydrogen-bond acceptors (Lipinski definition) is 5. The van der Waals surface area contributed by atoms with E-state index in [0.717, 1.165) is 0 Å². The Kier molecular flexibility index (Phi) is 3.62. The van der Waals surface area contributed by atoms with E-state index < -0.39 is 0 Å². The van der Waals surface area contributed by atoms with Gasteiger partial charge in [0.1, 0.15) is 5.82 Å². The van der Waals surface area contributed by atoms with E-state index in [1.807, 2.05) is 0 Å². The molecule has 100 valence electrons. The number of carbonyl (C=O) groups is 1. The normalized spacial score (nSPS) is 10.3. The number of nitrogens with two attached hydrogens (primary N) is 1. The summed E-state index contributed by atoms with van der Waals surface area (Å²) >= 11 is 6.07. The first-order valence-corrected chi connectivity index (χ1v) is 5.71. The van der Waals surface area contributed by atoms with Gasteiger partial charge >= 0.3 is 0 Å². The van der Waals surface area contributed by atoms with Crippen molar-refractivity contribution in [3.05, 3.63) is 22.7 Å². The third-order valence-corrected chi connectivity index (χ3v) is 2.95. The second kappa shape index (κ2) is 5.19. The number of halogens is 1. The van der Waals surface area contributed by atoms with Crippen LogP contribution in [0.4, 0.5) is 5.82 Å². The number of H-pyrrole nitrogens is 1. The standard InChI is InChI=1S/C12H12ClN3O3/c1-18-11-6(9-4-10(14)16-15-9)3-8(13)7(5-17)12(11)19-2/h3-5H,1-2H3,(H3,14,15,16). The maximum Gasteiger partial charge on any atom is 0.173 e. The molecule has 0 aliphatic carbocycles. The van der Waals surface area contributed by atoms with Gasteiger partial charge in [-0.05, 0) is 6.07 Å². The summed E-state index contributed by atoms with van der Waals surface area (Å²) in [5.41, 5.74) is 7.03. The maximum atomic E-state index is 11.1. The van der Waals surface area contributed by atoms with E-state index in [9.17, 15) is 4.79 Å². The molecule has 0 unspecified atom stereocenters. The van der Waals surface area contributed by atoms with Gasteiger partial charge in [-0.3, -0.25) is 9.89 Å². The Labute approximate surface area is 114 Å². The third kappa shape index (κ3) is 2.22. The molecule has 2 aromatic rings. The fourth-order valence-corrected chi connectivity index (χ4v) is 2.05. The number of rotatable bonds is 4. The van der Waals surface area contributed by atoms with Crippen LogP contribution in [-0.4, -0.2) is 30.7 Å². The van der Waals surface area contributed by atoms with Gasteiger partial charge in [0, 0.05) is 11.6 Å². The van der Waals surface area contributed by atoms with Crippen LogP contribution in [0.5, 0.6) is 11.5 Å². The van der Waals surface area contributed by atoms with Gasteiger partial charge in [-0.25, -0.2) is 0 Å². The molecule has 7 heteroatoms. The van der Waals surface area contributed by atoms with Gasteiger partial charge in [-0.1, -0.05) is 11.6 Å². The smallest absolute Gasteiger partial charge is 0.173 e. The average molecular weight is 282 g/mol. The fraction of sp³-hybridized carbons (Fsp3) is 0.167. The topological polar surface area (TPSA) is 90.2 Å². The van der Waals surface area contributed by atoms with E-state index in [4.69, 9.17) is 26.8 Å². The van der Waals surface area contributed by atoms with Crippen LogP contribution in [0.25, 0.3) is 11.3 Å². The Morgan fingerprint density at radius 2 is 2.00 bits per heavy atom. The molecule has 3 N–H and O–H groups in total. The van der Waals surface area contributed by atoms with Crippen LogP contribution in [-0.2, 0) is 0 Å². The number of aromatic amines is 1. The Morgan fingerprint density at radius 1 is 1.32 bits per heavy atom. The summed E-state index contributed by atoms with van der Waals surface area (Å²) in [6.07, 6.45) is 0.620. The van der Waals surface area contributed by atoms with Crippen LogP contribution in [0.1, 0.15) is 10.4 Å². The van der Waals surface area contributed by atoms with Crippen molar-refractivity contribution in [1.82, 2.24) is 10.2 Å². The predicted molar refractivity (Wildman–Crippen MR) is 71.9 cm³/mol. The van der Waals surface area contributed by atoms with Crippen LogP contribution >= 0.6 is 11.6 Å². The minimum absolute atomic E-state index is 0.234. The second-order valence-corrected chi connectivity index (χ2v) is 4.12. The molecule has 0 bridgehead atoms. The number of ether oxygens (including phenoxy) is 2. The van der Waals surface area contributed by atoms with Gasteiger partial charge in [-0.15, -0.1) is 0 Å². The lowest BCUT2D eigenvalue weighted by molar-refractivity contribution is 0.112. The first kappa shape index (κ1) is 13.2. The highest BCUT2D eigenvalue weighted by Gasteiger charge is 2.20. The molecule has 0 fully saturated rings. The van der Waals surface area contributed by atoms with Gasteiger partial charge in [0.25, 0.3) is 0 Å². The zero-order valence-electron chi connectivity index (χ0n) is 10.4. The van der Waals surface area contributed by atoms with Crippen molar-refractivity contribution in [1.29, 1.82) is 0 Å². The van der Waals surface area contributed by atoms with Crippen molar-refractivity contribution >= 4 is 23.7 Å². The molecule has 0 aliphatic rings. The van der Waals surface area contributed by atoms with E-state index in [-0.39, 0.29) is 16.3 Å². The number of carbonyl (C=O) groups excluding carboxylic acids is 1. The molecule has 0 atom stereocenters. The second-order valence-electron chi connectivity index (χ2n) is 3.71. The number of methoxy groups -OCH3 is 2. The number of aromatic nitrogens is 2. The van der Waals surface area contributed by atoms with E-state index in [1.165, 1.54) is 14.2 Å². The number of nitrogens with one attached hydrogen (secondary N) is 1. The first-order valence-electron chi connectivity index (χ1n) is 5.33. The monoisotopic (exact) mass is 281 g/mol. The average Bonchev–Trinajstić information content (AvgIpc) is 2.83. The Hall–Kier alpha value is -2.21. The summed E-state index contributed by atoms with van der Waals surface area (Å²) in [5.74, 6) is 0.998. The first-order chi connectivity index (χ1) is 9.12. The number of aldehydes is 1. The molecule has 19 heavy (non-hydrogen) atoms. The van der Waals surface area contributed by atoms with Crippen molar-refractivity contribution in [2.45, 2.75) is 0 Å². The van der Waals surface area contributed by atoms with E-state index >= 15 is 0 Å². The zero-order chi connectivity index (χ0) is 14.0. The summed E-state index contributed by atoms with van der Waals surface area (Å²) in [5, 5.41) is 6.85. The van der Waals surface area contributed by atoms with E-state index in [1.54, 1.807) is 12.1 Å². The van der Waals surface area contributed by atoms with Crippen molar-refractivity contribution in [2.24, 2.45) is 0 Å². The number of anilines is 1. The van der Waals surface area contributed by atoms with Crippen LogP contribution in [0.3, 0.4) is 0 Å². The van der Waals surface area contributed by atoms with Crippen LogP contribution in [0, 0.1) is 0 Å². The Balaban J connectivity index is 2.74. The molecule has 2 rings (SSSR count). The molecule has 0 spiro atoms. The summed E-state index contributed by atoms with van der Waals surface area (Å²) < 4.78 is 10.5. The number of nitrogen functional groups attached to an aromatic ring is 1. The summed E-state index contributed by atoms with van der Waals surface area (Å²) in [4.78, 5) is 11.1. The van der Waals surface area contributed by atoms with E-state index in [2.05, 4.69) is 10.2 Å². The lowest BCUT2D eigenvalue weighted by atomic mass is 10.1. The molecular weight excluding hydrogens is 270 g/mol. The lowest BCUT2D eigenvalue weighted by Crippen LogP contribution is -1.99. The molecule has 0 saturated heterocycles. The number of hydrogen-bond donors (Lipinski definition) is 2.